The minimum absolute atomic E-state index is 0.0323. The van der Waals surface area contributed by atoms with Gasteiger partial charge in [-0.05, 0) is 62.4 Å². The van der Waals surface area contributed by atoms with Crippen molar-refractivity contribution in [3.05, 3.63) is 71.0 Å². The fraction of sp³-hybridized carbons (Fsp3) is 0.143. The monoisotopic (exact) mass is 469 g/mol. The number of nitrogens with zero attached hydrogens (tertiary/aromatic N) is 4. The standard InChI is InChI=1S/C21H19N5O6S/c1-12-9-13(2)24-21(23-12)26-33(31,32)16-6-4-15(5-7-16)25-22-11-19(28)14-3-8-18(27)17(10-14)20(29)30/h3-10,27H,11H2,1-2H3,(H,29,30)(H,23,24,26)/b25-22+. The van der Waals surface area contributed by atoms with E-state index >= 15 is 0 Å². The Labute approximate surface area is 188 Å². The molecule has 0 fully saturated rings. The van der Waals surface area contributed by atoms with E-state index in [0.717, 1.165) is 12.1 Å². The molecule has 0 saturated carbocycles. The van der Waals surface area contributed by atoms with Crippen LogP contribution in [0.2, 0.25) is 0 Å². The normalized spacial score (nSPS) is 11.5. The summed E-state index contributed by atoms with van der Waals surface area (Å²) in [5.74, 6) is -2.35. The van der Waals surface area contributed by atoms with Crippen molar-refractivity contribution in [2.24, 2.45) is 10.2 Å². The summed E-state index contributed by atoms with van der Waals surface area (Å²) in [5.41, 5.74) is 1.22. The average Bonchev–Trinajstić information content (AvgIpc) is 2.73. The third-order valence-corrected chi connectivity index (χ3v) is 5.65. The number of aryl methyl sites for hydroxylation is 2. The maximum absolute atomic E-state index is 12.5. The first kappa shape index (κ1) is 23.5. The van der Waals surface area contributed by atoms with Gasteiger partial charge in [0.15, 0.2) is 5.78 Å². The lowest BCUT2D eigenvalue weighted by molar-refractivity contribution is 0.0693. The zero-order chi connectivity index (χ0) is 24.2. The predicted octanol–water partition coefficient (Wildman–Crippen LogP) is 3.26. The summed E-state index contributed by atoms with van der Waals surface area (Å²) in [5, 5.41) is 26.2. The number of Topliss-reactive ketones (excluding diaryl/α,β-unsaturated/α-hetero) is 1. The SMILES string of the molecule is Cc1cc(C)nc(NS(=O)(=O)c2ccc(/N=N/CC(=O)c3ccc(O)c(C(=O)O)c3)cc2)n1. The lowest BCUT2D eigenvalue weighted by Gasteiger charge is -2.08. The molecule has 0 saturated heterocycles. The minimum atomic E-state index is -3.92. The first-order valence-corrected chi connectivity index (χ1v) is 11.0. The summed E-state index contributed by atoms with van der Waals surface area (Å²) >= 11 is 0. The van der Waals surface area contributed by atoms with Gasteiger partial charge < -0.3 is 10.2 Å². The number of hydrogen-bond donors (Lipinski definition) is 3. The molecule has 0 unspecified atom stereocenters. The van der Waals surface area contributed by atoms with Crippen molar-refractivity contribution in [1.29, 1.82) is 0 Å². The number of phenols is 1. The van der Waals surface area contributed by atoms with Crippen molar-refractivity contribution < 1.29 is 28.2 Å². The van der Waals surface area contributed by atoms with Crippen LogP contribution in [0.4, 0.5) is 11.6 Å². The second-order valence-electron chi connectivity index (χ2n) is 6.93. The molecule has 3 aromatic rings. The number of sulfonamides is 1. The Morgan fingerprint density at radius 3 is 2.24 bits per heavy atom. The van der Waals surface area contributed by atoms with Gasteiger partial charge in [0.2, 0.25) is 5.95 Å². The third kappa shape index (κ3) is 5.95. The fourth-order valence-corrected chi connectivity index (χ4v) is 3.74. The number of benzene rings is 2. The van der Waals surface area contributed by atoms with Crippen LogP contribution in [0.3, 0.4) is 0 Å². The topological polar surface area (TPSA) is 171 Å². The highest BCUT2D eigenvalue weighted by Gasteiger charge is 2.16. The third-order valence-electron chi connectivity index (χ3n) is 4.30. The van der Waals surface area contributed by atoms with Crippen molar-refractivity contribution in [2.75, 3.05) is 11.3 Å². The van der Waals surface area contributed by atoms with E-state index in [1.165, 1.54) is 30.3 Å². The number of anilines is 1. The molecular formula is C21H19N5O6S. The Morgan fingerprint density at radius 2 is 1.64 bits per heavy atom. The molecule has 0 aliphatic rings. The molecule has 0 aliphatic heterocycles. The molecule has 3 rings (SSSR count). The van der Waals surface area contributed by atoms with Crippen molar-refractivity contribution in [3.63, 3.8) is 0 Å². The van der Waals surface area contributed by atoms with E-state index in [1.54, 1.807) is 19.9 Å². The zero-order valence-corrected chi connectivity index (χ0v) is 18.4. The average molecular weight is 469 g/mol. The number of azo groups is 1. The summed E-state index contributed by atoms with van der Waals surface area (Å²) in [4.78, 5) is 31.3. The lowest BCUT2D eigenvalue weighted by atomic mass is 10.1. The Hall–Kier alpha value is -4.19. The van der Waals surface area contributed by atoms with Gasteiger partial charge in [-0.15, -0.1) is 0 Å². The van der Waals surface area contributed by atoms with Crippen molar-refractivity contribution in [1.82, 2.24) is 9.97 Å². The molecule has 1 heterocycles. The van der Waals surface area contributed by atoms with Crippen LogP contribution in [0.5, 0.6) is 5.75 Å². The number of carbonyl (C=O) groups excluding carboxylic acids is 1. The Morgan fingerprint density at radius 1 is 1.00 bits per heavy atom. The summed E-state index contributed by atoms with van der Waals surface area (Å²) in [7, 11) is -3.92. The number of aromatic nitrogens is 2. The van der Waals surface area contributed by atoms with Crippen LogP contribution in [0.15, 0.2) is 63.7 Å². The highest BCUT2D eigenvalue weighted by Crippen LogP contribution is 2.20. The van der Waals surface area contributed by atoms with Crippen LogP contribution >= 0.6 is 0 Å². The summed E-state index contributed by atoms with van der Waals surface area (Å²) in [6.45, 7) is 3.09. The molecule has 0 amide bonds. The molecule has 33 heavy (non-hydrogen) atoms. The highest BCUT2D eigenvalue weighted by molar-refractivity contribution is 7.92. The number of rotatable bonds is 8. The Balaban J connectivity index is 1.67. The Kier molecular flexibility index (Phi) is 6.78. The van der Waals surface area contributed by atoms with E-state index in [1.807, 2.05) is 0 Å². The number of carboxylic acid groups (broad SMARTS) is 1. The van der Waals surface area contributed by atoms with Crippen LogP contribution in [-0.2, 0) is 10.0 Å². The van der Waals surface area contributed by atoms with Crippen molar-refractivity contribution in [3.8, 4) is 5.75 Å². The van der Waals surface area contributed by atoms with Gasteiger partial charge in [0.25, 0.3) is 10.0 Å². The molecule has 1 aromatic heterocycles. The number of carbonyl (C=O) groups is 2. The molecule has 0 aliphatic carbocycles. The molecule has 0 spiro atoms. The van der Waals surface area contributed by atoms with Crippen LogP contribution < -0.4 is 4.72 Å². The van der Waals surface area contributed by atoms with Crippen LogP contribution in [0, 0.1) is 13.8 Å². The van der Waals surface area contributed by atoms with Gasteiger partial charge in [-0.3, -0.25) is 4.79 Å². The number of ketones is 1. The first-order valence-electron chi connectivity index (χ1n) is 9.47. The van der Waals surface area contributed by atoms with E-state index < -0.39 is 33.1 Å². The van der Waals surface area contributed by atoms with Crippen molar-refractivity contribution >= 4 is 33.4 Å². The van der Waals surface area contributed by atoms with Crippen molar-refractivity contribution in [2.45, 2.75) is 18.7 Å². The van der Waals surface area contributed by atoms with Gasteiger partial charge in [-0.2, -0.15) is 10.2 Å². The van der Waals surface area contributed by atoms with Crippen LogP contribution in [-0.4, -0.2) is 46.9 Å². The molecule has 3 N–H and O–H groups in total. The van der Waals surface area contributed by atoms with E-state index in [2.05, 4.69) is 24.9 Å². The van der Waals surface area contributed by atoms with Crippen LogP contribution in [0.25, 0.3) is 0 Å². The quantitative estimate of drug-likeness (QED) is 0.333. The molecule has 11 nitrogen and oxygen atoms in total. The smallest absolute Gasteiger partial charge is 0.339 e. The minimum Gasteiger partial charge on any atom is -0.507 e. The van der Waals surface area contributed by atoms with Gasteiger partial charge in [0.1, 0.15) is 17.9 Å². The van der Waals surface area contributed by atoms with E-state index in [4.69, 9.17) is 5.11 Å². The molecule has 0 atom stereocenters. The number of nitrogens with one attached hydrogen (secondary N) is 1. The second-order valence-corrected chi connectivity index (χ2v) is 8.62. The van der Waals surface area contributed by atoms with E-state index in [9.17, 15) is 23.1 Å². The molecule has 2 aromatic carbocycles. The fourth-order valence-electron chi connectivity index (χ4n) is 2.80. The zero-order valence-electron chi connectivity index (χ0n) is 17.6. The van der Waals surface area contributed by atoms with Gasteiger partial charge in [0.05, 0.1) is 10.6 Å². The van der Waals surface area contributed by atoms with Gasteiger partial charge in [-0.25, -0.2) is 27.9 Å². The van der Waals surface area contributed by atoms with Gasteiger partial charge in [-0.1, -0.05) is 0 Å². The molecule has 12 heteroatoms. The maximum Gasteiger partial charge on any atom is 0.339 e. The Bertz CT molecular complexity index is 1330. The van der Waals surface area contributed by atoms with Crippen LogP contribution in [0.1, 0.15) is 32.1 Å². The summed E-state index contributed by atoms with van der Waals surface area (Å²) in [6, 6.07) is 10.6. The van der Waals surface area contributed by atoms with Gasteiger partial charge >= 0.3 is 5.97 Å². The van der Waals surface area contributed by atoms with E-state index in [0.29, 0.717) is 17.1 Å². The number of aromatic hydroxyl groups is 1. The molecule has 170 valence electrons. The maximum atomic E-state index is 12.5. The number of hydrogen-bond acceptors (Lipinski definition) is 9. The lowest BCUT2D eigenvalue weighted by Crippen LogP contribution is -2.15. The second kappa shape index (κ2) is 9.53. The summed E-state index contributed by atoms with van der Waals surface area (Å²) in [6.07, 6.45) is 0. The largest absolute Gasteiger partial charge is 0.507 e. The first-order chi connectivity index (χ1) is 15.5. The van der Waals surface area contributed by atoms with E-state index in [-0.39, 0.29) is 23.0 Å². The highest BCUT2D eigenvalue weighted by atomic mass is 32.2. The molecular weight excluding hydrogens is 450 g/mol. The predicted molar refractivity (Wildman–Crippen MR) is 118 cm³/mol. The molecule has 0 radical (unpaired) electrons. The number of carboxylic acids is 1. The summed E-state index contributed by atoms with van der Waals surface area (Å²) < 4.78 is 27.4. The molecule has 0 bridgehead atoms. The van der Waals surface area contributed by atoms with Gasteiger partial charge in [0, 0.05) is 17.0 Å². The number of aromatic carboxylic acids is 1.